The van der Waals surface area contributed by atoms with Crippen molar-refractivity contribution in [3.05, 3.63) is 42.2 Å². The summed E-state index contributed by atoms with van der Waals surface area (Å²) in [5.74, 6) is -0.274. The molecule has 148 valence electrons. The van der Waals surface area contributed by atoms with Crippen molar-refractivity contribution in [1.29, 1.82) is 0 Å². The number of nitrogens with two attached hydrogens (primary N) is 1. The van der Waals surface area contributed by atoms with Crippen molar-refractivity contribution in [2.75, 3.05) is 17.7 Å². The van der Waals surface area contributed by atoms with Crippen LogP contribution >= 0.6 is 11.3 Å². The van der Waals surface area contributed by atoms with Crippen LogP contribution in [0, 0.1) is 0 Å². The maximum absolute atomic E-state index is 13.0. The first-order valence-corrected chi connectivity index (χ1v) is 10.2. The molecule has 2 rings (SSSR count). The summed E-state index contributed by atoms with van der Waals surface area (Å²) in [4.78, 5) is 42.7. The number of hydrogen-bond acceptors (Lipinski definition) is 5. The van der Waals surface area contributed by atoms with Gasteiger partial charge >= 0.3 is 5.69 Å². The van der Waals surface area contributed by atoms with Crippen molar-refractivity contribution in [3.8, 4) is 0 Å². The van der Waals surface area contributed by atoms with Gasteiger partial charge in [-0.3, -0.25) is 19.1 Å². The summed E-state index contributed by atoms with van der Waals surface area (Å²) in [5, 5.41) is 0. The maximum atomic E-state index is 13.0. The Balaban J connectivity index is 2.45. The van der Waals surface area contributed by atoms with Crippen molar-refractivity contribution in [2.45, 2.75) is 59.4 Å². The molecule has 8 heteroatoms. The molecule has 2 aromatic rings. The lowest BCUT2D eigenvalue weighted by Crippen LogP contribution is -2.39. The molecule has 2 aromatic heterocycles. The molecule has 0 saturated heterocycles. The molecule has 0 bridgehead atoms. The Hall–Kier alpha value is -2.35. The molecule has 0 fully saturated rings. The highest BCUT2D eigenvalue weighted by atomic mass is 32.1. The summed E-state index contributed by atoms with van der Waals surface area (Å²) < 4.78 is 1.32. The minimum atomic E-state index is -0.651. The predicted molar refractivity (Wildman–Crippen MR) is 111 cm³/mol. The molecule has 27 heavy (non-hydrogen) atoms. The highest BCUT2D eigenvalue weighted by molar-refractivity contribution is 7.14. The largest absolute Gasteiger partial charge is 0.383 e. The van der Waals surface area contributed by atoms with E-state index < -0.39 is 11.2 Å². The summed E-state index contributed by atoms with van der Waals surface area (Å²) in [5.41, 5.74) is 6.08. The first kappa shape index (κ1) is 21.0. The normalized spacial score (nSPS) is 11.0. The molecule has 0 atom stereocenters. The maximum Gasteiger partial charge on any atom is 0.330 e. The second kappa shape index (κ2) is 9.03. The van der Waals surface area contributed by atoms with Crippen LogP contribution in [0.4, 0.5) is 11.5 Å². The average Bonchev–Trinajstić information content (AvgIpc) is 3.03. The van der Waals surface area contributed by atoms with Crippen molar-refractivity contribution >= 4 is 28.7 Å². The van der Waals surface area contributed by atoms with E-state index in [2.05, 4.69) is 18.8 Å². The first-order valence-electron chi connectivity index (χ1n) is 9.37. The molecule has 0 spiro atoms. The fourth-order valence-electron chi connectivity index (χ4n) is 3.02. The predicted octanol–water partition coefficient (Wildman–Crippen LogP) is 2.77. The smallest absolute Gasteiger partial charge is 0.330 e. The zero-order valence-corrected chi connectivity index (χ0v) is 17.2. The number of carbonyl (C=O) groups excluding carboxylic acids is 1. The fourth-order valence-corrected chi connectivity index (χ4v) is 4.35. The van der Waals surface area contributed by atoms with Gasteiger partial charge in [-0.25, -0.2) is 4.79 Å². The number of aromatic nitrogens is 2. The number of unbranched alkanes of at least 4 members (excludes halogenated alkanes) is 1. The Morgan fingerprint density at radius 2 is 1.96 bits per heavy atom. The molecule has 0 aromatic carbocycles. The second-order valence-electron chi connectivity index (χ2n) is 6.53. The summed E-state index contributed by atoms with van der Waals surface area (Å²) in [6.45, 7) is 6.56. The molecule has 0 aliphatic rings. The van der Waals surface area contributed by atoms with Crippen LogP contribution in [-0.4, -0.2) is 22.5 Å². The number of nitrogens with zero attached hydrogens (tertiary/aromatic N) is 2. The molecule has 1 amide bonds. The summed E-state index contributed by atoms with van der Waals surface area (Å²) in [6.07, 6.45) is 4.41. The summed E-state index contributed by atoms with van der Waals surface area (Å²) >= 11 is 1.46. The van der Waals surface area contributed by atoms with E-state index >= 15 is 0 Å². The number of aryl methyl sites for hydroxylation is 2. The van der Waals surface area contributed by atoms with Crippen LogP contribution in [0.5, 0.6) is 0 Å². The minimum Gasteiger partial charge on any atom is -0.383 e. The number of nitrogens with one attached hydrogen (secondary N) is 1. The number of amides is 1. The molecule has 0 aliphatic carbocycles. The fraction of sp³-hybridized carbons (Fsp3) is 0.526. The van der Waals surface area contributed by atoms with Crippen molar-refractivity contribution in [2.24, 2.45) is 0 Å². The molecule has 2 heterocycles. The number of H-pyrrole nitrogens is 1. The molecule has 0 saturated carbocycles. The quantitative estimate of drug-likeness (QED) is 0.721. The first-order chi connectivity index (χ1) is 12.8. The number of thiophene rings is 1. The van der Waals surface area contributed by atoms with E-state index in [9.17, 15) is 14.4 Å². The van der Waals surface area contributed by atoms with E-state index in [0.29, 0.717) is 11.4 Å². The molecule has 0 unspecified atom stereocenters. The van der Waals surface area contributed by atoms with Gasteiger partial charge in [-0.05, 0) is 30.9 Å². The van der Waals surface area contributed by atoms with Gasteiger partial charge in [-0.2, -0.15) is 0 Å². The van der Waals surface area contributed by atoms with Crippen LogP contribution in [0.25, 0.3) is 0 Å². The van der Waals surface area contributed by atoms with E-state index in [1.165, 1.54) is 32.7 Å². The van der Waals surface area contributed by atoms with Gasteiger partial charge in [0.15, 0.2) is 5.69 Å². The van der Waals surface area contributed by atoms with Crippen LogP contribution in [0.2, 0.25) is 0 Å². The molecule has 7 nitrogen and oxygen atoms in total. The van der Waals surface area contributed by atoms with E-state index in [1.54, 1.807) is 0 Å². The van der Waals surface area contributed by atoms with Gasteiger partial charge in [0.1, 0.15) is 5.82 Å². The average molecular weight is 393 g/mol. The van der Waals surface area contributed by atoms with Gasteiger partial charge in [-0.1, -0.05) is 33.6 Å². The van der Waals surface area contributed by atoms with E-state index in [0.717, 1.165) is 37.7 Å². The van der Waals surface area contributed by atoms with E-state index in [1.807, 2.05) is 13.0 Å². The third-order valence-electron chi connectivity index (χ3n) is 4.55. The lowest BCUT2D eigenvalue weighted by molar-refractivity contribution is 0.0996. The van der Waals surface area contributed by atoms with E-state index in [-0.39, 0.29) is 17.4 Å². The highest BCUT2D eigenvalue weighted by Gasteiger charge is 2.24. The van der Waals surface area contributed by atoms with Gasteiger partial charge in [0, 0.05) is 18.5 Å². The van der Waals surface area contributed by atoms with Crippen molar-refractivity contribution in [3.63, 3.8) is 0 Å². The Morgan fingerprint density at radius 3 is 2.56 bits per heavy atom. The molecule has 0 aliphatic heterocycles. The number of nitrogen functional groups attached to an aromatic ring is 1. The van der Waals surface area contributed by atoms with Crippen LogP contribution in [0.15, 0.2) is 15.7 Å². The topological polar surface area (TPSA) is 101 Å². The van der Waals surface area contributed by atoms with Gasteiger partial charge in [0.2, 0.25) is 0 Å². The van der Waals surface area contributed by atoms with Gasteiger partial charge in [0.25, 0.3) is 11.5 Å². The second-order valence-corrected chi connectivity index (χ2v) is 7.66. The molecular formula is C19H28N4O3S. The lowest BCUT2D eigenvalue weighted by Gasteiger charge is -2.19. The monoisotopic (exact) mass is 392 g/mol. The van der Waals surface area contributed by atoms with E-state index in [4.69, 9.17) is 5.73 Å². The zero-order chi connectivity index (χ0) is 20.1. The standard InChI is InChI=1S/C19H28N4O3S/c1-5-8-10-23-16(20)15(17(24)21-19(23)26)22(4)18(25)14-11-12(7-3)13(27-14)9-6-2/h11H,5-10,20H2,1-4H3,(H,21,24,26). The molecular weight excluding hydrogens is 364 g/mol. The van der Waals surface area contributed by atoms with Gasteiger partial charge in [0.05, 0.1) is 4.88 Å². The number of anilines is 2. The van der Waals surface area contributed by atoms with Crippen LogP contribution in [-0.2, 0) is 19.4 Å². The zero-order valence-electron chi connectivity index (χ0n) is 16.4. The third-order valence-corrected chi connectivity index (χ3v) is 5.78. The van der Waals surface area contributed by atoms with Crippen LogP contribution < -0.4 is 21.9 Å². The van der Waals surface area contributed by atoms with Crippen molar-refractivity contribution < 1.29 is 4.79 Å². The Kier molecular flexibility index (Phi) is 7.01. The van der Waals surface area contributed by atoms with Crippen LogP contribution in [0.1, 0.15) is 60.1 Å². The molecule has 3 N–H and O–H groups in total. The number of rotatable bonds is 8. The third kappa shape index (κ3) is 4.32. The van der Waals surface area contributed by atoms with Gasteiger partial charge < -0.3 is 10.6 Å². The highest BCUT2D eigenvalue weighted by Crippen LogP contribution is 2.27. The minimum absolute atomic E-state index is 0.0131. The lowest BCUT2D eigenvalue weighted by atomic mass is 10.1. The number of hydrogen-bond donors (Lipinski definition) is 2. The van der Waals surface area contributed by atoms with Crippen LogP contribution in [0.3, 0.4) is 0 Å². The van der Waals surface area contributed by atoms with Gasteiger partial charge in [-0.15, -0.1) is 11.3 Å². The molecule has 0 radical (unpaired) electrons. The Bertz CT molecular complexity index is 926. The number of carbonyl (C=O) groups is 1. The Labute approximate surface area is 162 Å². The van der Waals surface area contributed by atoms with Crippen molar-refractivity contribution in [1.82, 2.24) is 9.55 Å². The number of aromatic amines is 1. The summed E-state index contributed by atoms with van der Waals surface area (Å²) in [6, 6.07) is 1.89. The SMILES string of the molecule is CCCCn1c(N)c(N(C)C(=O)c2cc(CC)c(CCC)s2)c(=O)[nH]c1=O. The summed E-state index contributed by atoms with van der Waals surface area (Å²) in [7, 11) is 1.52. The Morgan fingerprint density at radius 1 is 1.26 bits per heavy atom.